The maximum absolute atomic E-state index is 13.3. The quantitative estimate of drug-likeness (QED) is 0.0641. The molecule has 1 rings (SSSR count). The summed E-state index contributed by atoms with van der Waals surface area (Å²) >= 11 is 4.07. The van der Waals surface area contributed by atoms with Gasteiger partial charge in [-0.25, -0.2) is 0 Å². The average molecular weight is 657 g/mol. The molecule has 11 N–H and O–H groups in total. The Morgan fingerprint density at radius 1 is 0.778 bits per heavy atom. The molecule has 0 fully saturated rings. The van der Waals surface area contributed by atoms with Gasteiger partial charge in [-0.2, -0.15) is 12.6 Å². The van der Waals surface area contributed by atoms with Gasteiger partial charge in [0.25, 0.3) is 0 Å². The highest BCUT2D eigenvalue weighted by molar-refractivity contribution is 7.80. The van der Waals surface area contributed by atoms with Gasteiger partial charge in [0.05, 0.1) is 18.8 Å². The second-order valence-corrected chi connectivity index (χ2v) is 10.4. The molecule has 0 aliphatic heterocycles. The molecule has 0 saturated carbocycles. The molecule has 250 valence electrons. The van der Waals surface area contributed by atoms with Gasteiger partial charge in [-0.05, 0) is 25.8 Å². The Labute approximate surface area is 264 Å². The number of carboxylic acid groups (broad SMARTS) is 2. The van der Waals surface area contributed by atoms with E-state index in [1.165, 1.54) is 0 Å². The number of aliphatic hydroxyl groups is 2. The van der Waals surface area contributed by atoms with E-state index in [-0.39, 0.29) is 25.0 Å². The zero-order chi connectivity index (χ0) is 34.3. The second kappa shape index (κ2) is 19.2. The van der Waals surface area contributed by atoms with Crippen LogP contribution in [-0.2, 0) is 40.0 Å². The van der Waals surface area contributed by atoms with Crippen LogP contribution in [0.2, 0.25) is 0 Å². The lowest BCUT2D eigenvalue weighted by Gasteiger charge is -2.27. The highest BCUT2D eigenvalue weighted by Gasteiger charge is 2.33. The Kier molecular flexibility index (Phi) is 16.5. The van der Waals surface area contributed by atoms with Crippen molar-refractivity contribution in [2.24, 2.45) is 5.73 Å². The maximum atomic E-state index is 13.3. The molecule has 18 heteroatoms. The summed E-state index contributed by atoms with van der Waals surface area (Å²) < 4.78 is 0. The summed E-state index contributed by atoms with van der Waals surface area (Å²) in [5.74, 6) is -7.52. The Hall–Kier alpha value is -4.26. The number of aliphatic carboxylic acids is 2. The van der Waals surface area contributed by atoms with Crippen molar-refractivity contribution in [3.05, 3.63) is 35.9 Å². The zero-order valence-electron chi connectivity index (χ0n) is 24.6. The van der Waals surface area contributed by atoms with Crippen LogP contribution < -0.4 is 32.3 Å². The molecule has 0 radical (unpaired) electrons. The average Bonchev–Trinajstić information content (AvgIpc) is 2.99. The molecule has 0 aliphatic carbocycles. The van der Waals surface area contributed by atoms with Crippen LogP contribution >= 0.6 is 12.6 Å². The molecule has 0 unspecified atom stereocenters. The fourth-order valence-electron chi connectivity index (χ4n) is 3.70. The van der Waals surface area contributed by atoms with Crippen LogP contribution in [0, 0.1) is 0 Å². The monoisotopic (exact) mass is 656 g/mol. The van der Waals surface area contributed by atoms with E-state index in [0.717, 1.165) is 13.8 Å². The van der Waals surface area contributed by atoms with Crippen molar-refractivity contribution in [3.63, 3.8) is 0 Å². The van der Waals surface area contributed by atoms with Gasteiger partial charge in [0.1, 0.15) is 30.2 Å². The minimum Gasteiger partial charge on any atom is -0.481 e. The van der Waals surface area contributed by atoms with Crippen LogP contribution in [0.4, 0.5) is 0 Å². The van der Waals surface area contributed by atoms with E-state index in [1.54, 1.807) is 30.3 Å². The summed E-state index contributed by atoms with van der Waals surface area (Å²) in [5.41, 5.74) is 6.29. The van der Waals surface area contributed by atoms with E-state index in [4.69, 9.17) is 15.9 Å². The molecule has 5 amide bonds. The number of hydrogen-bond acceptors (Lipinski definition) is 11. The van der Waals surface area contributed by atoms with Crippen LogP contribution in [-0.4, -0.2) is 117 Å². The Bertz CT molecular complexity index is 1200. The van der Waals surface area contributed by atoms with Gasteiger partial charge in [0, 0.05) is 18.6 Å². The fourth-order valence-corrected chi connectivity index (χ4v) is 3.96. The third-order valence-corrected chi connectivity index (χ3v) is 6.71. The number of nitrogens with two attached hydrogens (primary N) is 1. The maximum Gasteiger partial charge on any atom is 0.325 e. The number of rotatable bonds is 19. The van der Waals surface area contributed by atoms with Gasteiger partial charge in [-0.1, -0.05) is 30.3 Å². The van der Waals surface area contributed by atoms with Gasteiger partial charge in [0.15, 0.2) is 0 Å². The standard InChI is InChI=1S/C27H40N6O11S/c1-13(27(43)44)29-26(42)21(14(2)35)33-24(40)18(11-34)31-23(39)17(10-15-6-4-3-5-7-15)30-25(41)19(12-45)32-22(38)16(28)8-9-20(36)37/h3-7,13-14,16-19,21,34-35,45H,8-12,28H2,1-2H3,(H,29,42)(H,30,41)(H,31,39)(H,32,38)(H,33,40)(H,36,37)(H,43,44)/t13-,14+,16-,17-,18-,19-,21-/m0/s1. The van der Waals surface area contributed by atoms with E-state index in [2.05, 4.69) is 39.2 Å². The van der Waals surface area contributed by atoms with Gasteiger partial charge in [-0.3, -0.25) is 33.6 Å². The van der Waals surface area contributed by atoms with Gasteiger partial charge >= 0.3 is 11.9 Å². The second-order valence-electron chi connectivity index (χ2n) is 10.1. The molecule has 1 aromatic carbocycles. The molecule has 0 bridgehead atoms. The minimum atomic E-state index is -1.67. The molecular formula is C27H40N6O11S. The fraction of sp³-hybridized carbons (Fsp3) is 0.519. The predicted octanol–water partition coefficient (Wildman–Crippen LogP) is -3.75. The number of nitrogens with one attached hydrogen (secondary N) is 5. The van der Waals surface area contributed by atoms with Crippen molar-refractivity contribution < 1.29 is 54.0 Å². The van der Waals surface area contributed by atoms with Crippen molar-refractivity contribution in [2.45, 2.75) is 75.5 Å². The molecule has 0 spiro atoms. The van der Waals surface area contributed by atoms with Crippen LogP contribution in [0.25, 0.3) is 0 Å². The number of carbonyl (C=O) groups is 7. The number of carbonyl (C=O) groups excluding carboxylic acids is 5. The zero-order valence-corrected chi connectivity index (χ0v) is 25.5. The van der Waals surface area contributed by atoms with E-state index in [1.807, 2.05) is 0 Å². The molecule has 0 aliphatic rings. The van der Waals surface area contributed by atoms with Crippen molar-refractivity contribution in [1.29, 1.82) is 0 Å². The number of hydrogen-bond donors (Lipinski definition) is 11. The van der Waals surface area contributed by atoms with E-state index < -0.39 is 90.4 Å². The van der Waals surface area contributed by atoms with Crippen molar-refractivity contribution in [3.8, 4) is 0 Å². The highest BCUT2D eigenvalue weighted by atomic mass is 32.1. The lowest BCUT2D eigenvalue weighted by Crippen LogP contribution is -2.61. The van der Waals surface area contributed by atoms with Crippen LogP contribution in [0.1, 0.15) is 32.3 Å². The minimum absolute atomic E-state index is 0.102. The van der Waals surface area contributed by atoms with Crippen molar-refractivity contribution in [2.75, 3.05) is 12.4 Å². The first-order chi connectivity index (χ1) is 21.1. The Morgan fingerprint density at radius 2 is 1.31 bits per heavy atom. The van der Waals surface area contributed by atoms with Crippen LogP contribution in [0.5, 0.6) is 0 Å². The number of amides is 5. The highest BCUT2D eigenvalue weighted by Crippen LogP contribution is 2.06. The molecule has 7 atom stereocenters. The van der Waals surface area contributed by atoms with E-state index in [9.17, 15) is 43.8 Å². The normalized spacial score (nSPS) is 15.5. The summed E-state index contributed by atoms with van der Waals surface area (Å²) in [4.78, 5) is 86.0. The largest absolute Gasteiger partial charge is 0.481 e. The van der Waals surface area contributed by atoms with Gasteiger partial charge in [-0.15, -0.1) is 0 Å². The molecular weight excluding hydrogens is 616 g/mol. The Morgan fingerprint density at radius 3 is 1.82 bits per heavy atom. The van der Waals surface area contributed by atoms with E-state index in [0.29, 0.717) is 5.56 Å². The molecule has 17 nitrogen and oxygen atoms in total. The third kappa shape index (κ3) is 13.5. The number of carboxylic acids is 2. The first-order valence-corrected chi connectivity index (χ1v) is 14.4. The molecule has 0 aromatic heterocycles. The Balaban J connectivity index is 3.10. The summed E-state index contributed by atoms with van der Waals surface area (Å²) in [7, 11) is 0. The topological polar surface area (TPSA) is 287 Å². The smallest absolute Gasteiger partial charge is 0.325 e. The predicted molar refractivity (Wildman–Crippen MR) is 161 cm³/mol. The van der Waals surface area contributed by atoms with Gasteiger partial charge in [0.2, 0.25) is 29.5 Å². The summed E-state index contributed by atoms with van der Waals surface area (Å²) in [5, 5.41) is 49.0. The van der Waals surface area contributed by atoms with Crippen LogP contribution in [0.3, 0.4) is 0 Å². The molecule has 0 saturated heterocycles. The number of benzene rings is 1. The lowest BCUT2D eigenvalue weighted by molar-refractivity contribution is -0.142. The summed E-state index contributed by atoms with van der Waals surface area (Å²) in [6, 6.07) is -0.172. The van der Waals surface area contributed by atoms with Crippen molar-refractivity contribution in [1.82, 2.24) is 26.6 Å². The number of thiol groups is 1. The van der Waals surface area contributed by atoms with Gasteiger partial charge < -0.3 is 52.7 Å². The van der Waals surface area contributed by atoms with Crippen molar-refractivity contribution >= 4 is 54.1 Å². The summed E-state index contributed by atoms with van der Waals surface area (Å²) in [6.07, 6.45) is -2.17. The first kappa shape index (κ1) is 38.8. The van der Waals surface area contributed by atoms with Crippen LogP contribution in [0.15, 0.2) is 30.3 Å². The SMILES string of the molecule is C[C@H](NC(=O)[C@@H](NC(=O)[C@H](CO)NC(=O)[C@H](Cc1ccccc1)NC(=O)[C@H](CS)NC(=O)[C@@H](N)CCC(=O)O)[C@@H](C)O)C(=O)O. The number of aliphatic hydroxyl groups excluding tert-OH is 2. The third-order valence-electron chi connectivity index (χ3n) is 6.34. The lowest BCUT2D eigenvalue weighted by atomic mass is 10.0. The summed E-state index contributed by atoms with van der Waals surface area (Å²) in [6.45, 7) is 1.35. The first-order valence-electron chi connectivity index (χ1n) is 13.8. The van der Waals surface area contributed by atoms with E-state index >= 15 is 0 Å². The molecule has 0 heterocycles. The molecule has 1 aromatic rings. The molecule has 45 heavy (non-hydrogen) atoms.